The maximum atomic E-state index is 12.6. The lowest BCUT2D eigenvalue weighted by atomic mass is 9.87. The summed E-state index contributed by atoms with van der Waals surface area (Å²) in [5.74, 6) is -1.98. The van der Waals surface area contributed by atoms with Crippen molar-refractivity contribution in [1.29, 1.82) is 0 Å². The number of carboxylic acid groups (broad SMARTS) is 1. The number of aromatic nitrogens is 2. The van der Waals surface area contributed by atoms with Crippen LogP contribution in [0.3, 0.4) is 0 Å². The van der Waals surface area contributed by atoms with Crippen molar-refractivity contribution in [2.24, 2.45) is 5.41 Å². The summed E-state index contributed by atoms with van der Waals surface area (Å²) in [7, 11) is 0. The van der Waals surface area contributed by atoms with Gasteiger partial charge in [-0.2, -0.15) is 26.3 Å². The van der Waals surface area contributed by atoms with Crippen molar-refractivity contribution in [3.05, 3.63) is 17.3 Å². The molecule has 0 radical (unpaired) electrons. The zero-order valence-electron chi connectivity index (χ0n) is 15.5. The number of rotatable bonds is 2. The molecule has 4 heterocycles. The van der Waals surface area contributed by atoms with Gasteiger partial charge in [-0.05, 0) is 25.5 Å². The Labute approximate surface area is 170 Å². The molecular formula is C17H18F6N4O2S. The largest absolute Gasteiger partial charge is 0.490 e. The van der Waals surface area contributed by atoms with E-state index in [0.717, 1.165) is 61.6 Å². The second-order valence-electron chi connectivity index (χ2n) is 7.32. The summed E-state index contributed by atoms with van der Waals surface area (Å²) in [6.07, 6.45) is -6.46. The van der Waals surface area contributed by atoms with Crippen LogP contribution in [0.25, 0.3) is 10.2 Å². The lowest BCUT2D eigenvalue weighted by Crippen LogP contribution is -2.29. The van der Waals surface area contributed by atoms with Gasteiger partial charge in [0.15, 0.2) is 0 Å². The molecule has 0 bridgehead atoms. The molecule has 2 aliphatic heterocycles. The van der Waals surface area contributed by atoms with Crippen molar-refractivity contribution < 1.29 is 36.2 Å². The van der Waals surface area contributed by atoms with Gasteiger partial charge in [0.2, 0.25) is 0 Å². The quantitative estimate of drug-likeness (QED) is 0.673. The minimum Gasteiger partial charge on any atom is -0.475 e. The Balaban J connectivity index is 0.000000318. The van der Waals surface area contributed by atoms with Crippen LogP contribution in [-0.4, -0.2) is 59.6 Å². The van der Waals surface area contributed by atoms with Crippen molar-refractivity contribution in [2.45, 2.75) is 31.6 Å². The number of hydrogen-bond acceptors (Lipinski definition) is 6. The van der Waals surface area contributed by atoms with Gasteiger partial charge in [-0.15, -0.1) is 11.3 Å². The van der Waals surface area contributed by atoms with Crippen LogP contribution in [0.2, 0.25) is 0 Å². The fourth-order valence-electron chi connectivity index (χ4n) is 3.69. The van der Waals surface area contributed by atoms with Gasteiger partial charge in [0.25, 0.3) is 0 Å². The second kappa shape index (κ2) is 8.17. The normalized spacial score (nSPS) is 21.9. The molecule has 2 saturated heterocycles. The Morgan fingerprint density at radius 2 is 1.93 bits per heavy atom. The van der Waals surface area contributed by atoms with Crippen LogP contribution in [0, 0.1) is 5.41 Å². The van der Waals surface area contributed by atoms with Crippen LogP contribution in [-0.2, 0) is 11.2 Å². The Hall–Kier alpha value is -2.15. The molecule has 2 fully saturated rings. The van der Waals surface area contributed by atoms with Gasteiger partial charge < -0.3 is 15.3 Å². The topological polar surface area (TPSA) is 78.3 Å². The molecule has 2 aromatic rings. The van der Waals surface area contributed by atoms with E-state index in [1.165, 1.54) is 6.33 Å². The average Bonchev–Trinajstić information content (AvgIpc) is 3.33. The zero-order valence-corrected chi connectivity index (χ0v) is 16.3. The van der Waals surface area contributed by atoms with Gasteiger partial charge >= 0.3 is 18.3 Å². The molecule has 1 atom stereocenters. The summed E-state index contributed by atoms with van der Waals surface area (Å²) in [4.78, 5) is 20.6. The molecule has 4 rings (SSSR count). The summed E-state index contributed by atoms with van der Waals surface area (Å²) in [6, 6.07) is 1.61. The number of nitrogens with zero attached hydrogens (tertiary/aromatic N) is 3. The van der Waals surface area contributed by atoms with Gasteiger partial charge in [-0.1, -0.05) is 0 Å². The van der Waals surface area contributed by atoms with Crippen LogP contribution < -0.4 is 10.2 Å². The number of anilines is 1. The molecule has 2 N–H and O–H groups in total. The van der Waals surface area contributed by atoms with Gasteiger partial charge in [-0.25, -0.2) is 14.8 Å². The number of carboxylic acids is 1. The molecule has 1 spiro atoms. The molecule has 0 amide bonds. The van der Waals surface area contributed by atoms with E-state index < -0.39 is 24.7 Å². The molecule has 2 aliphatic rings. The first kappa shape index (κ1) is 22.5. The summed E-state index contributed by atoms with van der Waals surface area (Å²) in [6.45, 7) is 3.87. The van der Waals surface area contributed by atoms with E-state index in [2.05, 4.69) is 20.2 Å². The van der Waals surface area contributed by atoms with Crippen molar-refractivity contribution >= 4 is 33.3 Å². The number of fused-ring (bicyclic) bond motifs is 1. The predicted molar refractivity (Wildman–Crippen MR) is 97.6 cm³/mol. The van der Waals surface area contributed by atoms with E-state index >= 15 is 0 Å². The molecular weight excluding hydrogens is 438 g/mol. The van der Waals surface area contributed by atoms with Crippen LogP contribution in [0.1, 0.15) is 17.7 Å². The molecule has 0 aliphatic carbocycles. The Bertz CT molecular complexity index is 908. The molecule has 2 aromatic heterocycles. The number of nitrogens with one attached hydrogen (secondary N) is 1. The first-order valence-electron chi connectivity index (χ1n) is 8.95. The second-order valence-corrected chi connectivity index (χ2v) is 8.44. The monoisotopic (exact) mass is 456 g/mol. The van der Waals surface area contributed by atoms with Crippen LogP contribution in [0.5, 0.6) is 0 Å². The average molecular weight is 456 g/mol. The lowest BCUT2D eigenvalue weighted by Gasteiger charge is -2.23. The van der Waals surface area contributed by atoms with Gasteiger partial charge in [0.05, 0.1) is 11.8 Å². The maximum absolute atomic E-state index is 12.6. The molecule has 6 nitrogen and oxygen atoms in total. The number of halogens is 6. The third-order valence-electron chi connectivity index (χ3n) is 5.05. The number of thiophene rings is 1. The number of aliphatic carboxylic acids is 1. The fourth-order valence-corrected chi connectivity index (χ4v) is 4.71. The lowest BCUT2D eigenvalue weighted by molar-refractivity contribution is -0.192. The highest BCUT2D eigenvalue weighted by molar-refractivity contribution is 7.18. The highest BCUT2D eigenvalue weighted by Gasteiger charge is 2.41. The van der Waals surface area contributed by atoms with E-state index in [1.807, 2.05) is 0 Å². The first-order chi connectivity index (χ1) is 13.9. The van der Waals surface area contributed by atoms with Crippen LogP contribution in [0.15, 0.2) is 12.4 Å². The maximum Gasteiger partial charge on any atom is 0.490 e. The third-order valence-corrected chi connectivity index (χ3v) is 6.09. The van der Waals surface area contributed by atoms with Crippen molar-refractivity contribution in [3.63, 3.8) is 0 Å². The standard InChI is InChI=1S/C15H17F3N4S.C2HF3O2/c16-15(17,18)6-10-5-11-12(20-9-21-13(11)23-10)22-4-2-14(8-22)1-3-19-7-14;3-2(4,5)1(6)7/h5,9,19H,1-4,6-8H2;(H,6,7). The summed E-state index contributed by atoms with van der Waals surface area (Å²) < 4.78 is 69.6. The minimum atomic E-state index is -5.08. The smallest absolute Gasteiger partial charge is 0.475 e. The molecule has 13 heteroatoms. The fraction of sp³-hybridized carbons (Fsp3) is 0.588. The first-order valence-corrected chi connectivity index (χ1v) is 9.76. The summed E-state index contributed by atoms with van der Waals surface area (Å²) >= 11 is 1.11. The summed E-state index contributed by atoms with van der Waals surface area (Å²) in [5.41, 5.74) is 0.294. The van der Waals surface area contributed by atoms with E-state index in [9.17, 15) is 26.3 Å². The van der Waals surface area contributed by atoms with E-state index in [1.54, 1.807) is 6.07 Å². The van der Waals surface area contributed by atoms with Gasteiger partial charge in [-0.3, -0.25) is 0 Å². The van der Waals surface area contributed by atoms with E-state index in [4.69, 9.17) is 9.90 Å². The zero-order chi connectivity index (χ0) is 22.2. The Kier molecular flexibility index (Phi) is 6.14. The molecule has 166 valence electrons. The van der Waals surface area contributed by atoms with Crippen molar-refractivity contribution in [2.75, 3.05) is 31.1 Å². The SMILES string of the molecule is FC(F)(F)Cc1cc2c(N3CCC4(CCNC4)C3)ncnc2s1.O=C(O)C(F)(F)F. The molecule has 0 saturated carbocycles. The number of alkyl halides is 6. The Morgan fingerprint density at radius 3 is 2.50 bits per heavy atom. The van der Waals surface area contributed by atoms with Crippen LogP contribution >= 0.6 is 11.3 Å². The van der Waals surface area contributed by atoms with Gasteiger partial charge in [0.1, 0.15) is 17.0 Å². The van der Waals surface area contributed by atoms with Crippen LogP contribution in [0.4, 0.5) is 32.2 Å². The van der Waals surface area contributed by atoms with Crippen molar-refractivity contribution in [1.82, 2.24) is 15.3 Å². The molecule has 30 heavy (non-hydrogen) atoms. The summed E-state index contributed by atoms with van der Waals surface area (Å²) in [5, 5.41) is 11.3. The highest BCUT2D eigenvalue weighted by Crippen LogP contribution is 2.40. The molecule has 0 aromatic carbocycles. The predicted octanol–water partition coefficient (Wildman–Crippen LogP) is 3.62. The highest BCUT2D eigenvalue weighted by atomic mass is 32.1. The third kappa shape index (κ3) is 5.31. The Morgan fingerprint density at radius 1 is 1.23 bits per heavy atom. The number of carbonyl (C=O) groups is 1. The molecule has 1 unspecified atom stereocenters. The van der Waals surface area contributed by atoms with Crippen molar-refractivity contribution in [3.8, 4) is 0 Å². The van der Waals surface area contributed by atoms with E-state index in [-0.39, 0.29) is 0 Å². The van der Waals surface area contributed by atoms with Gasteiger partial charge in [0, 0.05) is 29.9 Å². The number of hydrogen-bond donors (Lipinski definition) is 2. The minimum absolute atomic E-state index is 0.294. The van der Waals surface area contributed by atoms with E-state index in [0.29, 0.717) is 15.1 Å².